The van der Waals surface area contributed by atoms with Crippen LogP contribution in [-0.4, -0.2) is 51.2 Å². The van der Waals surface area contributed by atoms with Crippen molar-refractivity contribution in [1.29, 1.82) is 0 Å². The summed E-state index contributed by atoms with van der Waals surface area (Å²) in [4.78, 5) is 44.2. The van der Waals surface area contributed by atoms with Crippen LogP contribution in [0.4, 0.5) is 0 Å². The van der Waals surface area contributed by atoms with E-state index < -0.39 is 17.3 Å². The Morgan fingerprint density at radius 3 is 2.67 bits per heavy atom. The summed E-state index contributed by atoms with van der Waals surface area (Å²) in [6.45, 7) is 6.83. The Labute approximate surface area is 137 Å². The molecule has 1 aliphatic heterocycles. The number of hydrogen-bond acceptors (Lipinski definition) is 5. The van der Waals surface area contributed by atoms with E-state index in [0.717, 1.165) is 13.1 Å². The highest BCUT2D eigenvalue weighted by molar-refractivity contribution is 5.82. The van der Waals surface area contributed by atoms with Crippen LogP contribution in [0.1, 0.15) is 25.7 Å². The van der Waals surface area contributed by atoms with Gasteiger partial charge in [-0.05, 0) is 13.8 Å². The molecule has 3 rings (SSSR count). The van der Waals surface area contributed by atoms with E-state index in [1.807, 2.05) is 0 Å². The number of fused-ring (bicyclic) bond motifs is 1. The van der Waals surface area contributed by atoms with Crippen LogP contribution in [0.15, 0.2) is 9.59 Å². The van der Waals surface area contributed by atoms with E-state index in [1.165, 1.54) is 16.4 Å². The molecule has 0 spiro atoms. The monoisotopic (exact) mass is 336 g/mol. The van der Waals surface area contributed by atoms with E-state index in [4.69, 9.17) is 4.74 Å². The molecule has 3 heterocycles. The zero-order chi connectivity index (χ0) is 17.4. The van der Waals surface area contributed by atoms with Gasteiger partial charge in [0.05, 0.1) is 19.3 Å². The minimum atomic E-state index is -0.524. The fourth-order valence-electron chi connectivity index (χ4n) is 3.03. The molecule has 9 nitrogen and oxygen atoms in total. The largest absolute Gasteiger partial charge is 0.370 e. The molecule has 1 fully saturated rings. The van der Waals surface area contributed by atoms with Gasteiger partial charge in [-0.1, -0.05) is 0 Å². The molecule has 1 atom stereocenters. The highest BCUT2D eigenvalue weighted by Crippen LogP contribution is 2.17. The maximum Gasteiger partial charge on any atom is 0.329 e. The van der Waals surface area contributed by atoms with E-state index in [1.54, 1.807) is 18.5 Å². The Bertz CT molecular complexity index is 888. The van der Waals surface area contributed by atoms with Gasteiger partial charge in [0, 0.05) is 7.05 Å². The van der Waals surface area contributed by atoms with Gasteiger partial charge in [0.1, 0.15) is 19.6 Å². The molecular formula is C15H22N5O4+. The molecule has 1 aliphatic rings. The lowest BCUT2D eigenvalue weighted by Gasteiger charge is -2.24. The fourth-order valence-corrected chi connectivity index (χ4v) is 3.03. The van der Waals surface area contributed by atoms with Gasteiger partial charge < -0.3 is 14.2 Å². The summed E-state index contributed by atoms with van der Waals surface area (Å²) in [6.07, 6.45) is 0. The first-order chi connectivity index (χ1) is 11.4. The molecule has 1 unspecified atom stereocenters. The Morgan fingerprint density at radius 1 is 1.38 bits per heavy atom. The fraction of sp³-hybridized carbons (Fsp3) is 0.600. The number of ether oxygens (including phenoxy) is 1. The molecule has 9 heteroatoms. The van der Waals surface area contributed by atoms with E-state index in [9.17, 15) is 14.4 Å². The van der Waals surface area contributed by atoms with Gasteiger partial charge in [-0.2, -0.15) is 0 Å². The number of quaternary nitrogens is 1. The van der Waals surface area contributed by atoms with Crippen molar-refractivity contribution in [3.05, 3.63) is 26.7 Å². The van der Waals surface area contributed by atoms with Crippen LogP contribution in [0.25, 0.3) is 11.2 Å². The Morgan fingerprint density at radius 2 is 2.04 bits per heavy atom. The number of carbonyl (C=O) groups excluding carboxylic acids is 1. The van der Waals surface area contributed by atoms with Gasteiger partial charge in [0.2, 0.25) is 0 Å². The van der Waals surface area contributed by atoms with Gasteiger partial charge >= 0.3 is 5.69 Å². The number of imidazole rings is 1. The van der Waals surface area contributed by atoms with Gasteiger partial charge in [0.25, 0.3) is 5.56 Å². The molecule has 0 saturated carbocycles. The van der Waals surface area contributed by atoms with Crippen LogP contribution >= 0.6 is 0 Å². The number of rotatable bonds is 4. The Balaban J connectivity index is 2.19. The molecule has 0 amide bonds. The van der Waals surface area contributed by atoms with Gasteiger partial charge in [0.15, 0.2) is 22.8 Å². The third kappa shape index (κ3) is 2.80. The van der Waals surface area contributed by atoms with E-state index >= 15 is 0 Å². The third-order valence-corrected chi connectivity index (χ3v) is 4.61. The quantitative estimate of drug-likeness (QED) is 0.671. The van der Waals surface area contributed by atoms with Crippen molar-refractivity contribution in [1.82, 2.24) is 19.1 Å². The standard InChI is InChI=1S/C15H21N5O4/c1-9(10(2)21)20-11(8-19-4-6-24-7-5-19)16-13-12(20)14(22)17-15(23)18(13)3/h9H,4-8H2,1-3H3,(H,17,22,23)/p+1. The van der Waals surface area contributed by atoms with Gasteiger partial charge in [-0.25, -0.2) is 9.78 Å². The summed E-state index contributed by atoms with van der Waals surface area (Å²) in [5, 5.41) is 0. The predicted octanol–water partition coefficient (Wildman–Crippen LogP) is -2.01. The number of hydrogen-bond donors (Lipinski definition) is 2. The summed E-state index contributed by atoms with van der Waals surface area (Å²) < 4.78 is 8.33. The maximum atomic E-state index is 12.3. The number of aryl methyl sites for hydroxylation is 1. The second-order valence-corrected chi connectivity index (χ2v) is 6.21. The number of morpholine rings is 1. The third-order valence-electron chi connectivity index (χ3n) is 4.61. The average Bonchev–Trinajstić information content (AvgIpc) is 2.92. The number of nitrogens with zero attached hydrogens (tertiary/aromatic N) is 3. The number of aromatic amines is 1. The Hall–Kier alpha value is -2.26. The van der Waals surface area contributed by atoms with Crippen molar-refractivity contribution in [3.63, 3.8) is 0 Å². The molecule has 0 aliphatic carbocycles. The maximum absolute atomic E-state index is 12.3. The molecule has 130 valence electrons. The van der Waals surface area contributed by atoms with Crippen molar-refractivity contribution in [2.45, 2.75) is 26.4 Å². The SMILES string of the molecule is CC(=O)C(C)n1c(C[NH+]2CCOCC2)nc2c1c(=O)[nH]c(=O)n2C. The summed E-state index contributed by atoms with van der Waals surface area (Å²) in [5.74, 6) is 0.567. The summed E-state index contributed by atoms with van der Waals surface area (Å²) in [6, 6.07) is -0.524. The number of nitrogens with one attached hydrogen (secondary N) is 2. The first-order valence-corrected chi connectivity index (χ1v) is 8.02. The van der Waals surface area contributed by atoms with E-state index in [2.05, 4.69) is 9.97 Å². The molecule has 0 aromatic carbocycles. The molecule has 1 saturated heterocycles. The second kappa shape index (κ2) is 6.33. The molecule has 0 bridgehead atoms. The van der Waals surface area contributed by atoms with Crippen molar-refractivity contribution in [2.24, 2.45) is 7.05 Å². The van der Waals surface area contributed by atoms with Crippen molar-refractivity contribution in [3.8, 4) is 0 Å². The number of carbonyl (C=O) groups is 1. The lowest BCUT2D eigenvalue weighted by atomic mass is 10.2. The lowest BCUT2D eigenvalue weighted by molar-refractivity contribution is -0.922. The van der Waals surface area contributed by atoms with Crippen LogP contribution in [-0.2, 0) is 23.1 Å². The molecule has 0 radical (unpaired) electrons. The van der Waals surface area contributed by atoms with Crippen molar-refractivity contribution < 1.29 is 14.4 Å². The zero-order valence-electron chi connectivity index (χ0n) is 14.1. The minimum absolute atomic E-state index is 0.0687. The average molecular weight is 336 g/mol. The number of aromatic nitrogens is 4. The Kier molecular flexibility index (Phi) is 4.37. The van der Waals surface area contributed by atoms with Crippen LogP contribution in [0.2, 0.25) is 0 Å². The molecule has 2 N–H and O–H groups in total. The van der Waals surface area contributed by atoms with E-state index in [-0.39, 0.29) is 11.3 Å². The van der Waals surface area contributed by atoms with Crippen LogP contribution in [0.5, 0.6) is 0 Å². The summed E-state index contributed by atoms with van der Waals surface area (Å²) in [7, 11) is 1.56. The lowest BCUT2D eigenvalue weighted by Crippen LogP contribution is -3.12. The first kappa shape index (κ1) is 16.6. The van der Waals surface area contributed by atoms with Crippen LogP contribution < -0.4 is 16.1 Å². The number of ketones is 1. The molecular weight excluding hydrogens is 314 g/mol. The molecule has 24 heavy (non-hydrogen) atoms. The van der Waals surface area contributed by atoms with Crippen molar-refractivity contribution in [2.75, 3.05) is 26.3 Å². The number of H-pyrrole nitrogens is 1. The summed E-state index contributed by atoms with van der Waals surface area (Å²) in [5.41, 5.74) is -0.461. The molecule has 2 aromatic rings. The normalized spacial score (nSPS) is 17.3. The highest BCUT2D eigenvalue weighted by atomic mass is 16.5. The predicted molar refractivity (Wildman–Crippen MR) is 86.2 cm³/mol. The van der Waals surface area contributed by atoms with Crippen LogP contribution in [0, 0.1) is 0 Å². The summed E-state index contributed by atoms with van der Waals surface area (Å²) >= 11 is 0. The van der Waals surface area contributed by atoms with Gasteiger partial charge in [-0.3, -0.25) is 19.1 Å². The van der Waals surface area contributed by atoms with Crippen molar-refractivity contribution >= 4 is 16.9 Å². The first-order valence-electron chi connectivity index (χ1n) is 8.02. The zero-order valence-corrected chi connectivity index (χ0v) is 14.1. The van der Waals surface area contributed by atoms with Crippen LogP contribution in [0.3, 0.4) is 0 Å². The second-order valence-electron chi connectivity index (χ2n) is 6.21. The minimum Gasteiger partial charge on any atom is -0.370 e. The molecule has 2 aromatic heterocycles. The highest BCUT2D eigenvalue weighted by Gasteiger charge is 2.26. The smallest absolute Gasteiger partial charge is 0.329 e. The van der Waals surface area contributed by atoms with Gasteiger partial charge in [-0.15, -0.1) is 0 Å². The number of Topliss-reactive ketones (excluding diaryl/α,β-unsaturated/α-hetero) is 1. The topological polar surface area (TPSA) is 103 Å². The van der Waals surface area contributed by atoms with E-state index in [0.29, 0.717) is 31.2 Å².